The van der Waals surface area contributed by atoms with E-state index in [0.29, 0.717) is 40.7 Å². The fraction of sp³-hybridized carbons (Fsp3) is 0.323. The van der Waals surface area contributed by atoms with E-state index < -0.39 is 35.6 Å². The highest BCUT2D eigenvalue weighted by Crippen LogP contribution is 2.35. The molecular weight excluding hydrogens is 592 g/mol. The molecule has 1 unspecified atom stereocenters. The molecular formula is C31H29F2N5O5S. The van der Waals surface area contributed by atoms with Crippen molar-refractivity contribution in [3.63, 3.8) is 0 Å². The quantitative estimate of drug-likeness (QED) is 0.300. The van der Waals surface area contributed by atoms with Crippen molar-refractivity contribution in [2.45, 2.75) is 55.2 Å². The molecule has 228 valence electrons. The van der Waals surface area contributed by atoms with Crippen LogP contribution in [0.1, 0.15) is 52.7 Å². The van der Waals surface area contributed by atoms with Crippen LogP contribution >= 0.6 is 11.8 Å². The molecule has 2 aromatic carbocycles. The molecule has 44 heavy (non-hydrogen) atoms. The van der Waals surface area contributed by atoms with Gasteiger partial charge in [-0.3, -0.25) is 14.4 Å². The van der Waals surface area contributed by atoms with Crippen molar-refractivity contribution < 1.29 is 33.0 Å². The Labute approximate surface area is 256 Å². The minimum atomic E-state index is -1.11. The Morgan fingerprint density at radius 1 is 1.18 bits per heavy atom. The van der Waals surface area contributed by atoms with E-state index >= 15 is 4.39 Å². The SMILES string of the molecule is N#Cc1ccc(N2CCC(Sc3ccc(COc4cccc5c4CN(C(CCC(=O)O)C(N)=O)C5=O)c(F)n3)CC2)c(F)c1. The lowest BCUT2D eigenvalue weighted by atomic mass is 10.1. The van der Waals surface area contributed by atoms with E-state index in [1.165, 1.54) is 22.7 Å². The number of nitriles is 1. The normalized spacial score (nSPS) is 15.5. The van der Waals surface area contributed by atoms with Crippen molar-refractivity contribution in [2.75, 3.05) is 18.0 Å². The van der Waals surface area contributed by atoms with Crippen LogP contribution in [0.4, 0.5) is 14.5 Å². The summed E-state index contributed by atoms with van der Waals surface area (Å²) >= 11 is 1.46. The summed E-state index contributed by atoms with van der Waals surface area (Å²) in [5, 5.41) is 18.7. The third-order valence-electron chi connectivity index (χ3n) is 7.72. The number of aliphatic carboxylic acids is 1. The molecule has 2 amide bonds. The summed E-state index contributed by atoms with van der Waals surface area (Å²) in [7, 11) is 0. The molecule has 0 aliphatic carbocycles. The van der Waals surface area contributed by atoms with Gasteiger partial charge in [0.05, 0.1) is 28.9 Å². The maximum atomic E-state index is 15.0. The van der Waals surface area contributed by atoms with Gasteiger partial charge in [-0.1, -0.05) is 6.07 Å². The third-order valence-corrected chi connectivity index (χ3v) is 8.99. The lowest BCUT2D eigenvalue weighted by Crippen LogP contribution is -2.45. The molecule has 1 atom stereocenters. The first kappa shape index (κ1) is 30.7. The number of halogens is 2. The van der Waals surface area contributed by atoms with Gasteiger partial charge in [0.15, 0.2) is 0 Å². The van der Waals surface area contributed by atoms with E-state index in [1.54, 1.807) is 42.5 Å². The predicted molar refractivity (Wildman–Crippen MR) is 157 cm³/mol. The molecule has 0 bridgehead atoms. The van der Waals surface area contributed by atoms with Gasteiger partial charge >= 0.3 is 5.97 Å². The minimum absolute atomic E-state index is 0.00448. The number of benzene rings is 2. The van der Waals surface area contributed by atoms with Crippen molar-refractivity contribution in [2.24, 2.45) is 5.73 Å². The molecule has 0 radical (unpaired) electrons. The van der Waals surface area contributed by atoms with Crippen LogP contribution in [0, 0.1) is 23.1 Å². The number of primary amides is 1. The molecule has 13 heteroatoms. The number of fused-ring (bicyclic) bond motifs is 1. The van der Waals surface area contributed by atoms with Crippen molar-refractivity contribution in [3.8, 4) is 11.8 Å². The molecule has 1 saturated heterocycles. The number of carbonyl (C=O) groups is 3. The van der Waals surface area contributed by atoms with Crippen LogP contribution in [0.15, 0.2) is 53.6 Å². The first-order chi connectivity index (χ1) is 21.1. The summed E-state index contributed by atoms with van der Waals surface area (Å²) in [6.45, 7) is 1.09. The van der Waals surface area contributed by atoms with E-state index in [-0.39, 0.29) is 42.4 Å². The van der Waals surface area contributed by atoms with Crippen LogP contribution in [0.2, 0.25) is 0 Å². The molecule has 2 aliphatic rings. The number of hydrogen-bond acceptors (Lipinski definition) is 8. The van der Waals surface area contributed by atoms with Crippen LogP contribution < -0.4 is 15.4 Å². The highest BCUT2D eigenvalue weighted by Gasteiger charge is 2.37. The number of amides is 2. The van der Waals surface area contributed by atoms with Gasteiger partial charge in [0.25, 0.3) is 5.91 Å². The fourth-order valence-electron chi connectivity index (χ4n) is 5.42. The van der Waals surface area contributed by atoms with Crippen molar-refractivity contribution >= 4 is 35.2 Å². The lowest BCUT2D eigenvalue weighted by Gasteiger charge is -2.33. The van der Waals surface area contributed by atoms with Gasteiger partial charge in [-0.25, -0.2) is 9.37 Å². The van der Waals surface area contributed by atoms with Crippen molar-refractivity contribution in [3.05, 3.63) is 82.5 Å². The van der Waals surface area contributed by atoms with Crippen LogP contribution in [-0.4, -0.2) is 57.2 Å². The van der Waals surface area contributed by atoms with Gasteiger partial charge in [-0.05, 0) is 61.7 Å². The molecule has 0 saturated carbocycles. The number of aromatic nitrogens is 1. The summed E-state index contributed by atoms with van der Waals surface area (Å²) in [6, 6.07) is 13.5. The zero-order valence-electron chi connectivity index (χ0n) is 23.5. The Kier molecular flexibility index (Phi) is 9.29. The summed E-state index contributed by atoms with van der Waals surface area (Å²) in [5.41, 5.74) is 7.25. The standard InChI is InChI=1S/C31H29F2N5O5S/c32-23-14-18(15-34)4-6-24(23)37-12-10-20(11-13-37)44-27-8-5-19(29(33)36-27)17-43-26-3-1-2-21-22(26)16-38(31(21)42)25(30(35)41)7-9-28(39)40/h1-6,8,14,20,25H,7,9-13,16-17H2,(H2,35,41)(H,39,40). The van der Waals surface area contributed by atoms with Gasteiger partial charge in [-0.2, -0.15) is 9.65 Å². The Hall–Kier alpha value is -4.70. The van der Waals surface area contributed by atoms with E-state index in [1.807, 2.05) is 11.0 Å². The number of thioether (sulfide) groups is 1. The average molecular weight is 622 g/mol. The van der Waals surface area contributed by atoms with Crippen molar-refractivity contribution in [1.29, 1.82) is 5.26 Å². The van der Waals surface area contributed by atoms with Gasteiger partial charge in [0.2, 0.25) is 11.9 Å². The summed E-state index contributed by atoms with van der Waals surface area (Å²) in [5.74, 6) is -3.13. The first-order valence-corrected chi connectivity index (χ1v) is 14.9. The lowest BCUT2D eigenvalue weighted by molar-refractivity contribution is -0.137. The number of ether oxygens (including phenoxy) is 1. The molecule has 10 nitrogen and oxygen atoms in total. The van der Waals surface area contributed by atoms with Gasteiger partial charge in [0.1, 0.15) is 24.2 Å². The zero-order valence-corrected chi connectivity index (χ0v) is 24.4. The van der Waals surface area contributed by atoms with Crippen LogP contribution in [0.5, 0.6) is 5.75 Å². The zero-order chi connectivity index (χ0) is 31.4. The molecule has 1 aromatic heterocycles. The second-order valence-electron chi connectivity index (χ2n) is 10.5. The maximum absolute atomic E-state index is 15.0. The van der Waals surface area contributed by atoms with Crippen molar-refractivity contribution in [1.82, 2.24) is 9.88 Å². The molecule has 3 N–H and O–H groups in total. The highest BCUT2D eigenvalue weighted by molar-refractivity contribution is 7.99. The van der Waals surface area contributed by atoms with Gasteiger partial charge in [0, 0.05) is 41.5 Å². The summed E-state index contributed by atoms with van der Waals surface area (Å²) in [6.07, 6.45) is 1.06. The number of nitrogens with two attached hydrogens (primary N) is 1. The number of carboxylic acid groups (broad SMARTS) is 1. The van der Waals surface area contributed by atoms with Gasteiger partial charge < -0.3 is 25.4 Å². The third kappa shape index (κ3) is 6.75. The Morgan fingerprint density at radius 3 is 2.61 bits per heavy atom. The molecule has 0 spiro atoms. The Morgan fingerprint density at radius 2 is 1.95 bits per heavy atom. The largest absolute Gasteiger partial charge is 0.488 e. The monoisotopic (exact) mass is 621 g/mol. The number of nitrogens with zero attached hydrogens (tertiary/aromatic N) is 4. The molecule has 1 fully saturated rings. The van der Waals surface area contributed by atoms with Crippen LogP contribution in [-0.2, 0) is 22.7 Å². The Balaban J connectivity index is 1.18. The Bertz CT molecular complexity index is 1640. The second-order valence-corrected chi connectivity index (χ2v) is 11.9. The molecule has 2 aliphatic heterocycles. The maximum Gasteiger partial charge on any atom is 0.303 e. The van der Waals surface area contributed by atoms with E-state index in [0.717, 1.165) is 12.8 Å². The van der Waals surface area contributed by atoms with Crippen LogP contribution in [0.3, 0.4) is 0 Å². The molecule has 3 heterocycles. The predicted octanol–water partition coefficient (Wildman–Crippen LogP) is 4.25. The number of piperidine rings is 1. The second kappa shape index (κ2) is 13.3. The number of carbonyl (C=O) groups excluding carboxylic acids is 2. The smallest absolute Gasteiger partial charge is 0.303 e. The number of hydrogen-bond donors (Lipinski definition) is 2. The fourth-order valence-corrected chi connectivity index (χ4v) is 6.49. The minimum Gasteiger partial charge on any atom is -0.488 e. The van der Waals surface area contributed by atoms with Gasteiger partial charge in [-0.15, -0.1) is 11.8 Å². The van der Waals surface area contributed by atoms with E-state index in [9.17, 15) is 18.8 Å². The first-order valence-electron chi connectivity index (χ1n) is 14.0. The summed E-state index contributed by atoms with van der Waals surface area (Å²) < 4.78 is 35.3. The molecule has 5 rings (SSSR count). The topological polar surface area (TPSA) is 150 Å². The highest BCUT2D eigenvalue weighted by atomic mass is 32.2. The average Bonchev–Trinajstić information content (AvgIpc) is 3.33. The summed E-state index contributed by atoms with van der Waals surface area (Å²) in [4.78, 5) is 43.3. The number of pyridine rings is 1. The van der Waals surface area contributed by atoms with E-state index in [4.69, 9.17) is 20.8 Å². The van der Waals surface area contributed by atoms with Crippen LogP contribution in [0.25, 0.3) is 0 Å². The number of rotatable bonds is 11. The molecule has 3 aromatic rings. The van der Waals surface area contributed by atoms with E-state index in [2.05, 4.69) is 4.98 Å². The number of carboxylic acids is 1. The number of anilines is 1.